The molecule has 0 spiro atoms. The summed E-state index contributed by atoms with van der Waals surface area (Å²) in [6, 6.07) is 48.4. The lowest BCUT2D eigenvalue weighted by molar-refractivity contribution is 0.669. The molecule has 45 heavy (non-hydrogen) atoms. The molecule has 0 saturated carbocycles. The minimum absolute atomic E-state index is 0.637. The summed E-state index contributed by atoms with van der Waals surface area (Å²) < 4.78 is 6.46. The second kappa shape index (κ2) is 9.18. The second-order valence-corrected chi connectivity index (χ2v) is 11.6. The third kappa shape index (κ3) is 3.57. The van der Waals surface area contributed by atoms with Crippen LogP contribution in [0.4, 0.5) is 0 Å². The Bertz CT molecular complexity index is 2690. The van der Waals surface area contributed by atoms with E-state index in [0.29, 0.717) is 17.5 Å². The van der Waals surface area contributed by atoms with Crippen molar-refractivity contribution in [3.63, 3.8) is 0 Å². The van der Waals surface area contributed by atoms with E-state index < -0.39 is 0 Å². The first-order valence-electron chi connectivity index (χ1n) is 15.1. The van der Waals surface area contributed by atoms with Crippen molar-refractivity contribution in [2.75, 3.05) is 0 Å². The predicted molar refractivity (Wildman–Crippen MR) is 184 cm³/mol. The van der Waals surface area contributed by atoms with Crippen LogP contribution in [0.3, 0.4) is 0 Å². The van der Waals surface area contributed by atoms with Gasteiger partial charge in [-0.1, -0.05) is 115 Å². The van der Waals surface area contributed by atoms with Crippen molar-refractivity contribution in [3.05, 3.63) is 140 Å². The van der Waals surface area contributed by atoms with Crippen molar-refractivity contribution in [2.24, 2.45) is 0 Å². The fraction of sp³-hybridized carbons (Fsp3) is 0. The molecular formula is C41H23N3O. The molecular weight excluding hydrogens is 550 g/mol. The first-order valence-corrected chi connectivity index (χ1v) is 15.1. The average Bonchev–Trinajstić information content (AvgIpc) is 3.51. The maximum absolute atomic E-state index is 6.46. The third-order valence-electron chi connectivity index (χ3n) is 9.03. The maximum atomic E-state index is 6.46. The zero-order chi connectivity index (χ0) is 29.5. The molecule has 0 aliphatic heterocycles. The largest absolute Gasteiger partial charge is 0.456 e. The molecule has 0 aliphatic rings. The Morgan fingerprint density at radius 2 is 0.933 bits per heavy atom. The number of fused-ring (bicyclic) bond motifs is 1. The monoisotopic (exact) mass is 573 g/mol. The van der Waals surface area contributed by atoms with Gasteiger partial charge in [0.25, 0.3) is 0 Å². The van der Waals surface area contributed by atoms with E-state index in [1.54, 1.807) is 0 Å². The van der Waals surface area contributed by atoms with Crippen LogP contribution in [-0.4, -0.2) is 15.0 Å². The summed E-state index contributed by atoms with van der Waals surface area (Å²) in [5, 5.41) is 9.49. The Morgan fingerprint density at radius 3 is 1.73 bits per heavy atom. The van der Waals surface area contributed by atoms with Gasteiger partial charge in [-0.2, -0.15) is 0 Å². The molecule has 0 amide bonds. The van der Waals surface area contributed by atoms with Crippen LogP contribution in [0.25, 0.3) is 99.5 Å². The summed E-state index contributed by atoms with van der Waals surface area (Å²) in [5.41, 5.74) is 6.88. The minimum Gasteiger partial charge on any atom is -0.456 e. The zero-order valence-corrected chi connectivity index (χ0v) is 24.0. The summed E-state index contributed by atoms with van der Waals surface area (Å²) in [6.45, 7) is 0. The minimum atomic E-state index is 0.637. The van der Waals surface area contributed by atoms with Crippen LogP contribution < -0.4 is 0 Å². The van der Waals surface area contributed by atoms with Crippen molar-refractivity contribution in [1.82, 2.24) is 15.0 Å². The fourth-order valence-electron chi connectivity index (χ4n) is 7.03. The highest BCUT2D eigenvalue weighted by Gasteiger charge is 2.24. The normalized spacial score (nSPS) is 12.0. The SMILES string of the molecule is c1ccc(-c2cccc(-c3nc(-c4ccccc4)nc(-c4ccc5oc6ccc7ccc8cccc9c4c5c6c7c89)n3)c2)cc1. The van der Waals surface area contributed by atoms with E-state index in [1.807, 2.05) is 36.4 Å². The van der Waals surface area contributed by atoms with Crippen molar-refractivity contribution in [3.8, 4) is 45.3 Å². The summed E-state index contributed by atoms with van der Waals surface area (Å²) in [7, 11) is 0. The predicted octanol–water partition coefficient (Wildman–Crippen LogP) is 10.8. The standard InChI is InChI=1S/C41H23N3O/c1-3-9-24(10-4-1)28-14-7-15-29(23-28)40-42-39(27-11-5-2-6-12-27)43-41(44-40)31-20-22-33-38-36(31)30-16-8-13-25-17-18-26-19-21-32(45-33)37(38)35(26)34(25)30/h1-23H. The molecule has 10 rings (SSSR count). The first-order chi connectivity index (χ1) is 22.3. The van der Waals surface area contributed by atoms with Crippen LogP contribution in [0.15, 0.2) is 144 Å². The van der Waals surface area contributed by atoms with Gasteiger partial charge in [0.15, 0.2) is 17.5 Å². The van der Waals surface area contributed by atoms with E-state index in [-0.39, 0.29) is 0 Å². The van der Waals surface area contributed by atoms with Gasteiger partial charge in [0.2, 0.25) is 0 Å². The molecule has 8 aromatic carbocycles. The zero-order valence-electron chi connectivity index (χ0n) is 24.0. The van der Waals surface area contributed by atoms with Crippen LogP contribution in [0, 0.1) is 0 Å². The van der Waals surface area contributed by atoms with Crippen LogP contribution in [0.2, 0.25) is 0 Å². The van der Waals surface area contributed by atoms with Gasteiger partial charge in [-0.3, -0.25) is 0 Å². The molecule has 2 heterocycles. The lowest BCUT2D eigenvalue weighted by atomic mass is 9.87. The average molecular weight is 574 g/mol. The highest BCUT2D eigenvalue weighted by molar-refractivity contribution is 6.40. The van der Waals surface area contributed by atoms with E-state index in [4.69, 9.17) is 19.4 Å². The van der Waals surface area contributed by atoms with Crippen molar-refractivity contribution < 1.29 is 4.42 Å². The van der Waals surface area contributed by atoms with Crippen molar-refractivity contribution in [1.29, 1.82) is 0 Å². The van der Waals surface area contributed by atoms with Gasteiger partial charge in [-0.15, -0.1) is 0 Å². The second-order valence-electron chi connectivity index (χ2n) is 11.6. The van der Waals surface area contributed by atoms with Gasteiger partial charge in [-0.25, -0.2) is 15.0 Å². The van der Waals surface area contributed by atoms with E-state index in [2.05, 4.69) is 103 Å². The highest BCUT2D eigenvalue weighted by atomic mass is 16.3. The van der Waals surface area contributed by atoms with Gasteiger partial charge < -0.3 is 4.42 Å². The molecule has 208 valence electrons. The van der Waals surface area contributed by atoms with Crippen molar-refractivity contribution in [2.45, 2.75) is 0 Å². The Morgan fingerprint density at radius 1 is 0.356 bits per heavy atom. The fourth-order valence-corrected chi connectivity index (χ4v) is 7.03. The van der Waals surface area contributed by atoms with Crippen LogP contribution in [0.5, 0.6) is 0 Å². The number of benzene rings is 8. The Labute approximate surface area is 257 Å². The third-order valence-corrected chi connectivity index (χ3v) is 9.03. The number of rotatable bonds is 4. The molecule has 10 aromatic rings. The molecule has 0 atom stereocenters. The van der Waals surface area contributed by atoms with Gasteiger partial charge >= 0.3 is 0 Å². The van der Waals surface area contributed by atoms with E-state index >= 15 is 0 Å². The van der Waals surface area contributed by atoms with E-state index in [0.717, 1.165) is 55.1 Å². The molecule has 0 radical (unpaired) electrons. The van der Waals surface area contributed by atoms with Gasteiger partial charge in [0.1, 0.15) is 11.2 Å². The molecule has 0 unspecified atom stereocenters. The number of nitrogens with zero attached hydrogens (tertiary/aromatic N) is 3. The van der Waals surface area contributed by atoms with E-state index in [1.165, 1.54) is 26.9 Å². The number of aromatic nitrogens is 3. The van der Waals surface area contributed by atoms with Gasteiger partial charge in [0.05, 0.1) is 0 Å². The number of hydrogen-bond acceptors (Lipinski definition) is 4. The maximum Gasteiger partial charge on any atom is 0.164 e. The summed E-state index contributed by atoms with van der Waals surface area (Å²) in [5.74, 6) is 1.92. The molecule has 0 saturated heterocycles. The van der Waals surface area contributed by atoms with Crippen LogP contribution in [0.1, 0.15) is 0 Å². The lowest BCUT2D eigenvalue weighted by Crippen LogP contribution is -2.01. The Kier molecular flexibility index (Phi) is 4.96. The van der Waals surface area contributed by atoms with E-state index in [9.17, 15) is 0 Å². The summed E-state index contributed by atoms with van der Waals surface area (Å²) in [6.07, 6.45) is 0. The van der Waals surface area contributed by atoms with Crippen LogP contribution >= 0.6 is 0 Å². The Hall–Kier alpha value is -6.13. The van der Waals surface area contributed by atoms with Crippen molar-refractivity contribution >= 4 is 54.3 Å². The summed E-state index contributed by atoms with van der Waals surface area (Å²) >= 11 is 0. The van der Waals surface area contributed by atoms with Gasteiger partial charge in [0, 0.05) is 38.2 Å². The molecule has 0 bridgehead atoms. The summed E-state index contributed by atoms with van der Waals surface area (Å²) in [4.78, 5) is 15.4. The smallest absolute Gasteiger partial charge is 0.164 e. The number of hydrogen-bond donors (Lipinski definition) is 0. The molecule has 0 aliphatic carbocycles. The molecule has 2 aromatic heterocycles. The highest BCUT2D eigenvalue weighted by Crippen LogP contribution is 2.48. The lowest BCUT2D eigenvalue weighted by Gasteiger charge is -2.15. The Balaban J connectivity index is 1.30. The van der Waals surface area contributed by atoms with Gasteiger partial charge in [-0.05, 0) is 56.9 Å². The number of furan rings is 1. The van der Waals surface area contributed by atoms with Crippen LogP contribution in [-0.2, 0) is 0 Å². The molecule has 0 fully saturated rings. The molecule has 4 heteroatoms. The molecule has 0 N–H and O–H groups in total. The first kappa shape index (κ1) is 24.3. The topological polar surface area (TPSA) is 51.8 Å². The molecule has 4 nitrogen and oxygen atoms in total. The quantitative estimate of drug-likeness (QED) is 0.155.